The first-order chi connectivity index (χ1) is 17.4. The van der Waals surface area contributed by atoms with E-state index in [1.54, 1.807) is 0 Å². The number of carbonyl (C=O) groups is 2. The van der Waals surface area contributed by atoms with Gasteiger partial charge in [-0.05, 0) is 116 Å². The van der Waals surface area contributed by atoms with Crippen LogP contribution in [0.1, 0.15) is 120 Å². The van der Waals surface area contributed by atoms with Gasteiger partial charge in [0.15, 0.2) is 5.78 Å². The molecule has 4 saturated carbocycles. The molecular formula is C34H54O4. The summed E-state index contributed by atoms with van der Waals surface area (Å²) in [6, 6.07) is 0. The smallest absolute Gasteiger partial charge is 0.311 e. The lowest BCUT2D eigenvalue weighted by Crippen LogP contribution is -2.66. The monoisotopic (exact) mass is 526 g/mol. The first-order valence-electron chi connectivity index (χ1n) is 15.6. The third kappa shape index (κ3) is 3.70. The second-order valence-electron chi connectivity index (χ2n) is 16.6. The van der Waals surface area contributed by atoms with Crippen LogP contribution in [0.5, 0.6) is 0 Å². The zero-order chi connectivity index (χ0) is 28.1. The Labute approximate surface area is 231 Å². The highest BCUT2D eigenvalue weighted by atomic mass is 16.5. The standard InChI is InChI=1S/C34H54O4/c1-21(2)20-38-28(37)31(6)15-14-30(5)16-17-33(8)22(23(30)19-31)18-24(35)27-32(7)12-11-26(36)29(3,4)25(32)10-13-34(27,33)9/h18,21,23,25-27,36H,10-17,19-20H2,1-9H3/t23-,25+,26+,27-,30-,31+,32+,33-,34-/m1/s1. The van der Waals surface area contributed by atoms with Crippen LogP contribution in [-0.4, -0.2) is 29.6 Å². The number of fused-ring (bicyclic) bond motifs is 7. The van der Waals surface area contributed by atoms with Gasteiger partial charge in [0.2, 0.25) is 0 Å². The third-order valence-corrected chi connectivity index (χ3v) is 13.6. The zero-order valence-corrected chi connectivity index (χ0v) is 25.7. The molecule has 0 spiro atoms. The number of rotatable bonds is 3. The van der Waals surface area contributed by atoms with Crippen molar-refractivity contribution in [1.82, 2.24) is 0 Å². The maximum atomic E-state index is 14.4. The summed E-state index contributed by atoms with van der Waals surface area (Å²) < 4.78 is 5.80. The van der Waals surface area contributed by atoms with E-state index >= 15 is 0 Å². The molecule has 0 amide bonds. The van der Waals surface area contributed by atoms with E-state index in [9.17, 15) is 14.7 Å². The molecule has 0 heterocycles. The zero-order valence-electron chi connectivity index (χ0n) is 25.7. The minimum Gasteiger partial charge on any atom is -0.465 e. The molecule has 0 unspecified atom stereocenters. The van der Waals surface area contributed by atoms with Crippen LogP contribution in [0.15, 0.2) is 11.6 Å². The van der Waals surface area contributed by atoms with Crippen molar-refractivity contribution in [2.45, 2.75) is 126 Å². The lowest BCUT2D eigenvalue weighted by molar-refractivity contribution is -0.202. The molecule has 4 nitrogen and oxygen atoms in total. The van der Waals surface area contributed by atoms with Crippen molar-refractivity contribution in [1.29, 1.82) is 0 Å². The Morgan fingerprint density at radius 2 is 1.63 bits per heavy atom. The largest absolute Gasteiger partial charge is 0.465 e. The van der Waals surface area contributed by atoms with E-state index in [4.69, 9.17) is 4.74 Å². The van der Waals surface area contributed by atoms with Crippen LogP contribution < -0.4 is 0 Å². The van der Waals surface area contributed by atoms with Crippen LogP contribution in [0, 0.1) is 56.2 Å². The number of esters is 1. The minimum absolute atomic E-state index is 0.00962. The van der Waals surface area contributed by atoms with E-state index in [-0.39, 0.29) is 51.0 Å². The maximum absolute atomic E-state index is 14.4. The molecule has 9 atom stereocenters. The molecule has 0 bridgehead atoms. The van der Waals surface area contributed by atoms with Crippen LogP contribution >= 0.6 is 0 Å². The molecule has 5 aliphatic carbocycles. The molecule has 0 aromatic carbocycles. The SMILES string of the molecule is CC(C)COC(=O)[C@@]1(C)CC[C@]2(C)CC[C@]3(C)C(=CC(=O)[C@@H]4[C@@]5(C)CC[C@H](O)C(C)(C)[C@@H]5CC[C@]43C)[C@H]2C1. The number of hydrogen-bond acceptors (Lipinski definition) is 4. The summed E-state index contributed by atoms with van der Waals surface area (Å²) in [5, 5.41) is 10.9. The Morgan fingerprint density at radius 3 is 2.29 bits per heavy atom. The highest BCUT2D eigenvalue weighted by molar-refractivity contribution is 5.95. The maximum Gasteiger partial charge on any atom is 0.311 e. The molecular weight excluding hydrogens is 472 g/mol. The van der Waals surface area contributed by atoms with Crippen LogP contribution in [-0.2, 0) is 14.3 Å². The van der Waals surface area contributed by atoms with Crippen LogP contribution in [0.4, 0.5) is 0 Å². The molecule has 38 heavy (non-hydrogen) atoms. The molecule has 0 aromatic heterocycles. The summed E-state index contributed by atoms with van der Waals surface area (Å²) in [6.45, 7) is 20.9. The van der Waals surface area contributed by atoms with Gasteiger partial charge >= 0.3 is 5.97 Å². The second-order valence-corrected chi connectivity index (χ2v) is 16.6. The highest BCUT2D eigenvalue weighted by Crippen LogP contribution is 2.75. The normalized spacial score (nSPS) is 49.8. The molecule has 4 fully saturated rings. The van der Waals surface area contributed by atoms with Crippen molar-refractivity contribution in [3.05, 3.63) is 11.6 Å². The molecule has 214 valence electrons. The van der Waals surface area contributed by atoms with Gasteiger partial charge in [-0.1, -0.05) is 61.0 Å². The molecule has 0 aromatic rings. The molecule has 5 aliphatic rings. The van der Waals surface area contributed by atoms with Crippen LogP contribution in [0.25, 0.3) is 0 Å². The van der Waals surface area contributed by atoms with Crippen LogP contribution in [0.3, 0.4) is 0 Å². The van der Waals surface area contributed by atoms with Gasteiger partial charge in [-0.3, -0.25) is 9.59 Å². The summed E-state index contributed by atoms with van der Waals surface area (Å²) in [7, 11) is 0. The number of carbonyl (C=O) groups excluding carboxylic acids is 2. The summed E-state index contributed by atoms with van der Waals surface area (Å²) in [5.41, 5.74) is 0.549. The van der Waals surface area contributed by atoms with Gasteiger partial charge in [0.1, 0.15) is 0 Å². The average molecular weight is 527 g/mol. The fraction of sp³-hybridized carbons (Fsp3) is 0.882. The predicted molar refractivity (Wildman–Crippen MR) is 151 cm³/mol. The fourth-order valence-electron chi connectivity index (χ4n) is 10.8. The Balaban J connectivity index is 1.54. The minimum atomic E-state index is -0.494. The van der Waals surface area contributed by atoms with Gasteiger partial charge in [0.25, 0.3) is 0 Å². The number of hydrogen-bond donors (Lipinski definition) is 1. The Morgan fingerprint density at radius 1 is 0.974 bits per heavy atom. The van der Waals surface area contributed by atoms with Crippen molar-refractivity contribution in [3.8, 4) is 0 Å². The van der Waals surface area contributed by atoms with Crippen molar-refractivity contribution in [2.75, 3.05) is 6.61 Å². The van der Waals surface area contributed by atoms with E-state index in [0.29, 0.717) is 24.2 Å². The average Bonchev–Trinajstić information content (AvgIpc) is 2.82. The third-order valence-electron chi connectivity index (χ3n) is 13.6. The Hall–Kier alpha value is -1.16. The van der Waals surface area contributed by atoms with E-state index in [2.05, 4.69) is 68.4 Å². The van der Waals surface area contributed by atoms with Gasteiger partial charge in [0, 0.05) is 5.92 Å². The fourth-order valence-corrected chi connectivity index (χ4v) is 10.8. The van der Waals surface area contributed by atoms with Crippen molar-refractivity contribution in [2.24, 2.45) is 56.2 Å². The number of aliphatic hydroxyl groups is 1. The number of aliphatic hydroxyl groups excluding tert-OH is 1. The van der Waals surface area contributed by atoms with Crippen molar-refractivity contribution < 1.29 is 19.4 Å². The van der Waals surface area contributed by atoms with Gasteiger partial charge in [-0.25, -0.2) is 0 Å². The molecule has 0 saturated heterocycles. The number of ketones is 1. The van der Waals surface area contributed by atoms with Gasteiger partial charge < -0.3 is 9.84 Å². The van der Waals surface area contributed by atoms with Crippen LogP contribution in [0.2, 0.25) is 0 Å². The van der Waals surface area contributed by atoms with E-state index < -0.39 is 5.41 Å². The summed E-state index contributed by atoms with van der Waals surface area (Å²) in [6.07, 6.45) is 10.5. The lowest BCUT2D eigenvalue weighted by Gasteiger charge is -2.70. The molecule has 0 radical (unpaired) electrons. The topological polar surface area (TPSA) is 63.6 Å². The van der Waals surface area contributed by atoms with Crippen molar-refractivity contribution in [3.63, 3.8) is 0 Å². The van der Waals surface area contributed by atoms with E-state index in [1.807, 2.05) is 0 Å². The Kier molecular flexibility index (Phi) is 6.47. The molecule has 4 heteroatoms. The second kappa shape index (κ2) is 8.67. The quantitative estimate of drug-likeness (QED) is 0.386. The van der Waals surface area contributed by atoms with E-state index in [1.165, 1.54) is 5.57 Å². The van der Waals surface area contributed by atoms with Gasteiger partial charge in [-0.15, -0.1) is 0 Å². The summed E-state index contributed by atoms with van der Waals surface area (Å²) in [4.78, 5) is 27.8. The molecule has 1 N–H and O–H groups in total. The predicted octanol–water partition coefficient (Wildman–Crippen LogP) is 7.53. The molecule has 0 aliphatic heterocycles. The van der Waals surface area contributed by atoms with E-state index in [0.717, 1.165) is 57.8 Å². The first kappa shape index (κ1) is 28.4. The summed E-state index contributed by atoms with van der Waals surface area (Å²) in [5.74, 6) is 1.17. The number of allylic oxidation sites excluding steroid dienone is 2. The first-order valence-corrected chi connectivity index (χ1v) is 15.6. The lowest BCUT2D eigenvalue weighted by atomic mass is 9.33. The Bertz CT molecular complexity index is 1040. The molecule has 5 rings (SSSR count). The van der Waals surface area contributed by atoms with Crippen molar-refractivity contribution >= 4 is 11.8 Å². The summed E-state index contributed by atoms with van der Waals surface area (Å²) >= 11 is 0. The van der Waals surface area contributed by atoms with Gasteiger partial charge in [0.05, 0.1) is 18.1 Å². The van der Waals surface area contributed by atoms with Gasteiger partial charge in [-0.2, -0.15) is 0 Å². The highest BCUT2D eigenvalue weighted by Gasteiger charge is 2.70. The number of ether oxygens (including phenoxy) is 1.